The van der Waals surface area contributed by atoms with Crippen molar-refractivity contribution in [3.8, 4) is 0 Å². The normalized spacial score (nSPS) is 22.4. The van der Waals surface area contributed by atoms with E-state index in [9.17, 15) is 12.8 Å². The van der Waals surface area contributed by atoms with Gasteiger partial charge in [0.2, 0.25) is 10.0 Å². The fourth-order valence-electron chi connectivity index (χ4n) is 3.56. The average molecular weight is 386 g/mol. The lowest BCUT2D eigenvalue weighted by atomic mass is 10.2. The predicted octanol–water partition coefficient (Wildman–Crippen LogP) is 2.56. The van der Waals surface area contributed by atoms with Gasteiger partial charge >= 0.3 is 0 Å². The summed E-state index contributed by atoms with van der Waals surface area (Å²) in [7, 11) is -3.76. The number of pyridine rings is 1. The van der Waals surface area contributed by atoms with Gasteiger partial charge in [0.25, 0.3) is 0 Å². The van der Waals surface area contributed by atoms with Crippen LogP contribution in [0.5, 0.6) is 0 Å². The van der Waals surface area contributed by atoms with Crippen molar-refractivity contribution in [1.82, 2.24) is 14.6 Å². The molecule has 1 aliphatic heterocycles. The summed E-state index contributed by atoms with van der Waals surface area (Å²) in [6, 6.07) is 4.80. The minimum Gasteiger partial charge on any atom is -0.315 e. The molecule has 1 atom stereocenters. The molecule has 1 aliphatic carbocycles. The van der Waals surface area contributed by atoms with E-state index in [1.165, 1.54) is 12.3 Å². The van der Waals surface area contributed by atoms with E-state index in [-0.39, 0.29) is 28.7 Å². The Labute approximate surface area is 153 Å². The molecule has 1 saturated carbocycles. The topological polar surface area (TPSA) is 62.3 Å². The zero-order valence-electron chi connectivity index (χ0n) is 13.7. The number of hydrogen-bond acceptors (Lipinski definition) is 4. The van der Waals surface area contributed by atoms with E-state index in [0.29, 0.717) is 24.4 Å². The molecule has 5 nitrogen and oxygen atoms in total. The van der Waals surface area contributed by atoms with Gasteiger partial charge in [0.1, 0.15) is 0 Å². The fourth-order valence-corrected chi connectivity index (χ4v) is 5.51. The van der Waals surface area contributed by atoms with Crippen molar-refractivity contribution in [2.24, 2.45) is 5.92 Å². The van der Waals surface area contributed by atoms with Crippen molar-refractivity contribution in [2.45, 2.75) is 30.2 Å². The number of nitrogens with zero attached hydrogens (tertiary/aromatic N) is 2. The monoisotopic (exact) mass is 385 g/mol. The average Bonchev–Trinajstić information content (AvgIpc) is 3.40. The van der Waals surface area contributed by atoms with Gasteiger partial charge in [-0.2, -0.15) is 4.31 Å². The molecule has 0 bridgehead atoms. The zero-order chi connectivity index (χ0) is 16.7. The molecule has 0 amide bonds. The molecule has 2 aromatic rings. The number of benzene rings is 1. The fraction of sp³-hybridized carbons (Fsp3) is 0.471. The van der Waals surface area contributed by atoms with Crippen LogP contribution in [0.15, 0.2) is 35.5 Å². The number of sulfonamides is 1. The highest BCUT2D eigenvalue weighted by molar-refractivity contribution is 7.89. The van der Waals surface area contributed by atoms with Crippen molar-refractivity contribution in [3.05, 3.63) is 36.4 Å². The molecule has 4 rings (SSSR count). The second-order valence-corrected chi connectivity index (χ2v) is 8.41. The standard InChI is InChI=1S/C17H20FN3O2S.ClH/c18-14-10-20-9-13-3-1-4-16(17(13)14)24(22,23)21-8-2-7-19-11-15(21)12-5-6-12;/h1,3-4,9-10,12,15,19H,2,5-8,11H2;1H/t15-;/m0./s1. The first kappa shape index (κ1) is 18.5. The van der Waals surface area contributed by atoms with E-state index in [2.05, 4.69) is 10.3 Å². The van der Waals surface area contributed by atoms with Gasteiger partial charge in [0, 0.05) is 36.1 Å². The Balaban J connectivity index is 0.00000182. The number of aromatic nitrogens is 1. The number of halogens is 2. The SMILES string of the molecule is Cl.O=S(=O)(c1cccc2cncc(F)c12)N1CCCNC[C@H]1C1CC1. The molecular weight excluding hydrogens is 365 g/mol. The van der Waals surface area contributed by atoms with Crippen LogP contribution >= 0.6 is 12.4 Å². The summed E-state index contributed by atoms with van der Waals surface area (Å²) in [5, 5.41) is 3.98. The maximum atomic E-state index is 14.3. The summed E-state index contributed by atoms with van der Waals surface area (Å²) in [5.74, 6) is -0.186. The van der Waals surface area contributed by atoms with E-state index in [1.54, 1.807) is 16.4 Å². The number of rotatable bonds is 3. The third-order valence-corrected chi connectivity index (χ3v) is 6.87. The van der Waals surface area contributed by atoms with Crippen LogP contribution in [-0.4, -0.2) is 43.4 Å². The van der Waals surface area contributed by atoms with E-state index in [0.717, 1.165) is 32.0 Å². The summed E-state index contributed by atoms with van der Waals surface area (Å²) in [4.78, 5) is 3.87. The first-order valence-corrected chi connectivity index (χ1v) is 9.78. The van der Waals surface area contributed by atoms with Gasteiger partial charge in [-0.1, -0.05) is 12.1 Å². The first-order chi connectivity index (χ1) is 11.6. The van der Waals surface area contributed by atoms with Crippen molar-refractivity contribution >= 4 is 33.2 Å². The van der Waals surface area contributed by atoms with Crippen LogP contribution in [-0.2, 0) is 10.0 Å². The minimum atomic E-state index is -3.76. The van der Waals surface area contributed by atoms with E-state index in [1.807, 2.05) is 0 Å². The van der Waals surface area contributed by atoms with Crippen molar-refractivity contribution in [1.29, 1.82) is 0 Å². The summed E-state index contributed by atoms with van der Waals surface area (Å²) >= 11 is 0. The van der Waals surface area contributed by atoms with Crippen LogP contribution < -0.4 is 5.32 Å². The highest BCUT2D eigenvalue weighted by atomic mass is 35.5. The van der Waals surface area contributed by atoms with Gasteiger partial charge in [-0.05, 0) is 37.8 Å². The summed E-state index contributed by atoms with van der Waals surface area (Å²) < 4.78 is 42.7. The summed E-state index contributed by atoms with van der Waals surface area (Å²) in [5.41, 5.74) is 0. The van der Waals surface area contributed by atoms with Crippen LogP contribution in [0, 0.1) is 11.7 Å². The molecule has 1 saturated heterocycles. The van der Waals surface area contributed by atoms with Gasteiger partial charge in [-0.25, -0.2) is 12.8 Å². The third-order valence-electron chi connectivity index (χ3n) is 4.91. The number of hydrogen-bond donors (Lipinski definition) is 1. The first-order valence-electron chi connectivity index (χ1n) is 8.34. The molecule has 1 aromatic carbocycles. The van der Waals surface area contributed by atoms with Crippen LogP contribution in [0.1, 0.15) is 19.3 Å². The molecule has 2 heterocycles. The largest absolute Gasteiger partial charge is 0.315 e. The van der Waals surface area contributed by atoms with Crippen molar-refractivity contribution in [2.75, 3.05) is 19.6 Å². The quantitative estimate of drug-likeness (QED) is 0.882. The minimum absolute atomic E-state index is 0. The van der Waals surface area contributed by atoms with Crippen LogP contribution in [0.3, 0.4) is 0 Å². The smallest absolute Gasteiger partial charge is 0.244 e. The van der Waals surface area contributed by atoms with Gasteiger partial charge in [0.05, 0.1) is 11.1 Å². The molecular formula is C17H21ClFN3O2S. The Bertz CT molecular complexity index is 868. The summed E-state index contributed by atoms with van der Waals surface area (Å²) in [6.07, 6.45) is 5.46. The zero-order valence-corrected chi connectivity index (χ0v) is 15.3. The van der Waals surface area contributed by atoms with Gasteiger partial charge < -0.3 is 5.32 Å². The van der Waals surface area contributed by atoms with Crippen LogP contribution in [0.4, 0.5) is 4.39 Å². The molecule has 0 spiro atoms. The molecule has 8 heteroatoms. The van der Waals surface area contributed by atoms with E-state index < -0.39 is 15.8 Å². The van der Waals surface area contributed by atoms with E-state index >= 15 is 0 Å². The Morgan fingerprint density at radius 1 is 1.24 bits per heavy atom. The highest BCUT2D eigenvalue weighted by Crippen LogP contribution is 2.38. The molecule has 25 heavy (non-hydrogen) atoms. The van der Waals surface area contributed by atoms with Gasteiger partial charge in [-0.3, -0.25) is 4.98 Å². The predicted molar refractivity (Wildman–Crippen MR) is 96.8 cm³/mol. The number of nitrogens with one attached hydrogen (secondary N) is 1. The van der Waals surface area contributed by atoms with E-state index in [4.69, 9.17) is 0 Å². The maximum absolute atomic E-state index is 14.3. The Morgan fingerprint density at radius 2 is 2.04 bits per heavy atom. The Kier molecular flexibility index (Phi) is 5.29. The lowest BCUT2D eigenvalue weighted by Crippen LogP contribution is -2.45. The number of fused-ring (bicyclic) bond motifs is 1. The molecule has 0 unspecified atom stereocenters. The Hall–Kier alpha value is -1.28. The molecule has 1 aromatic heterocycles. The molecule has 1 N–H and O–H groups in total. The molecule has 2 aliphatic rings. The molecule has 2 fully saturated rings. The van der Waals surface area contributed by atoms with Crippen LogP contribution in [0.25, 0.3) is 10.8 Å². The van der Waals surface area contributed by atoms with Gasteiger partial charge in [0.15, 0.2) is 5.82 Å². The second-order valence-electron chi connectivity index (χ2n) is 6.55. The Morgan fingerprint density at radius 3 is 2.80 bits per heavy atom. The lowest BCUT2D eigenvalue weighted by molar-refractivity contribution is 0.306. The van der Waals surface area contributed by atoms with Gasteiger partial charge in [-0.15, -0.1) is 12.4 Å². The summed E-state index contributed by atoms with van der Waals surface area (Å²) in [6.45, 7) is 1.95. The maximum Gasteiger partial charge on any atom is 0.244 e. The molecule has 0 radical (unpaired) electrons. The molecule has 136 valence electrons. The highest BCUT2D eigenvalue weighted by Gasteiger charge is 2.41. The lowest BCUT2D eigenvalue weighted by Gasteiger charge is -2.29. The van der Waals surface area contributed by atoms with Crippen molar-refractivity contribution in [3.63, 3.8) is 0 Å². The second kappa shape index (κ2) is 7.15. The van der Waals surface area contributed by atoms with Crippen LogP contribution in [0.2, 0.25) is 0 Å². The van der Waals surface area contributed by atoms with Crippen molar-refractivity contribution < 1.29 is 12.8 Å². The third kappa shape index (κ3) is 3.38.